The van der Waals surface area contributed by atoms with Gasteiger partial charge in [-0.05, 0) is 6.92 Å². The Kier molecular flexibility index (Phi) is 3.35. The van der Waals surface area contributed by atoms with Gasteiger partial charge in [0.2, 0.25) is 21.8 Å². The van der Waals surface area contributed by atoms with E-state index in [-0.39, 0.29) is 24.8 Å². The number of hydrogen-bond donors (Lipinski definition) is 1. The number of amides is 1. The highest BCUT2D eigenvalue weighted by atomic mass is 32.2. The molecule has 1 aromatic rings. The highest BCUT2D eigenvalue weighted by molar-refractivity contribution is 7.88. The smallest absolute Gasteiger partial charge is 0.239 e. The number of aromatic nitrogens is 2. The molecule has 1 fully saturated rings. The lowest BCUT2D eigenvalue weighted by molar-refractivity contribution is -0.126. The maximum Gasteiger partial charge on any atom is 0.239 e. The summed E-state index contributed by atoms with van der Waals surface area (Å²) in [5, 5.41) is 6.23. The summed E-state index contributed by atoms with van der Waals surface area (Å²) in [6, 6.07) is -0.825. The fourth-order valence-corrected chi connectivity index (χ4v) is 2.93. The van der Waals surface area contributed by atoms with Crippen molar-refractivity contribution in [3.05, 3.63) is 11.7 Å². The lowest BCUT2D eigenvalue weighted by Crippen LogP contribution is -2.57. The Bertz CT molecular complexity index is 553. The van der Waals surface area contributed by atoms with Gasteiger partial charge in [0.15, 0.2) is 5.82 Å². The fourth-order valence-electron chi connectivity index (χ4n) is 1.87. The zero-order chi connectivity index (χ0) is 13.3. The van der Waals surface area contributed by atoms with Gasteiger partial charge in [0, 0.05) is 13.1 Å². The van der Waals surface area contributed by atoms with Gasteiger partial charge in [-0.15, -0.1) is 0 Å². The first-order valence-electron chi connectivity index (χ1n) is 5.41. The van der Waals surface area contributed by atoms with Crippen molar-refractivity contribution in [3.8, 4) is 0 Å². The van der Waals surface area contributed by atoms with E-state index in [0.29, 0.717) is 12.4 Å². The molecule has 1 atom stereocenters. The van der Waals surface area contributed by atoms with E-state index in [0.717, 1.165) is 10.6 Å². The van der Waals surface area contributed by atoms with Crippen molar-refractivity contribution in [2.45, 2.75) is 19.4 Å². The van der Waals surface area contributed by atoms with Gasteiger partial charge in [-0.2, -0.15) is 9.29 Å². The van der Waals surface area contributed by atoms with Crippen LogP contribution in [0.5, 0.6) is 0 Å². The van der Waals surface area contributed by atoms with Crippen molar-refractivity contribution in [2.75, 3.05) is 19.3 Å². The van der Waals surface area contributed by atoms with Gasteiger partial charge in [0.1, 0.15) is 6.04 Å². The highest BCUT2D eigenvalue weighted by Gasteiger charge is 2.36. The number of piperazine rings is 1. The maximum absolute atomic E-state index is 11.8. The Morgan fingerprint density at radius 3 is 2.83 bits per heavy atom. The number of sulfonamides is 1. The van der Waals surface area contributed by atoms with E-state index in [1.807, 2.05) is 0 Å². The summed E-state index contributed by atoms with van der Waals surface area (Å²) < 4.78 is 29.3. The topological polar surface area (TPSA) is 105 Å². The predicted molar refractivity (Wildman–Crippen MR) is 61.1 cm³/mol. The molecule has 8 nitrogen and oxygen atoms in total. The fraction of sp³-hybridized carbons (Fsp3) is 0.667. The Morgan fingerprint density at radius 1 is 1.56 bits per heavy atom. The third-order valence-electron chi connectivity index (χ3n) is 2.65. The number of nitrogens with one attached hydrogen (secondary N) is 1. The van der Waals surface area contributed by atoms with Crippen LogP contribution in [0.4, 0.5) is 0 Å². The summed E-state index contributed by atoms with van der Waals surface area (Å²) >= 11 is 0. The Hall–Kier alpha value is -1.48. The van der Waals surface area contributed by atoms with Gasteiger partial charge in [-0.1, -0.05) is 5.16 Å². The first-order chi connectivity index (χ1) is 8.38. The molecule has 0 spiro atoms. The molecule has 1 aliphatic heterocycles. The molecule has 1 amide bonds. The molecule has 0 aliphatic carbocycles. The van der Waals surface area contributed by atoms with Crippen molar-refractivity contribution in [2.24, 2.45) is 0 Å². The van der Waals surface area contributed by atoms with Crippen LogP contribution >= 0.6 is 0 Å². The molecule has 0 aromatic carbocycles. The minimum Gasteiger partial charge on any atom is -0.353 e. The summed E-state index contributed by atoms with van der Waals surface area (Å²) in [5.74, 6) is 0.359. The van der Waals surface area contributed by atoms with E-state index in [4.69, 9.17) is 4.52 Å². The SMILES string of the molecule is Cc1noc(CC2C(=O)NCCN2S(C)(=O)=O)n1. The van der Waals surface area contributed by atoms with Crippen LogP contribution in [0.2, 0.25) is 0 Å². The second-order valence-electron chi connectivity index (χ2n) is 4.12. The van der Waals surface area contributed by atoms with Gasteiger partial charge in [-0.25, -0.2) is 8.42 Å². The van der Waals surface area contributed by atoms with Crippen molar-refractivity contribution in [3.63, 3.8) is 0 Å². The largest absolute Gasteiger partial charge is 0.353 e. The predicted octanol–water partition coefficient (Wildman–Crippen LogP) is -1.32. The molecule has 2 rings (SSSR count). The minimum absolute atomic E-state index is 0.0831. The zero-order valence-corrected chi connectivity index (χ0v) is 10.9. The second-order valence-corrected chi connectivity index (χ2v) is 6.06. The number of carbonyl (C=O) groups is 1. The van der Waals surface area contributed by atoms with Crippen molar-refractivity contribution >= 4 is 15.9 Å². The van der Waals surface area contributed by atoms with Crippen LogP contribution in [-0.4, -0.2) is 54.2 Å². The van der Waals surface area contributed by atoms with Crippen molar-refractivity contribution < 1.29 is 17.7 Å². The van der Waals surface area contributed by atoms with E-state index in [2.05, 4.69) is 15.5 Å². The van der Waals surface area contributed by atoms with Gasteiger partial charge in [0.05, 0.1) is 12.7 Å². The summed E-state index contributed by atoms with van der Waals surface area (Å²) in [7, 11) is -3.44. The lowest BCUT2D eigenvalue weighted by atomic mass is 10.1. The van der Waals surface area contributed by atoms with Crippen LogP contribution < -0.4 is 5.32 Å². The number of hydrogen-bond acceptors (Lipinski definition) is 6. The van der Waals surface area contributed by atoms with Crippen molar-refractivity contribution in [1.82, 2.24) is 19.8 Å². The molecule has 2 heterocycles. The zero-order valence-electron chi connectivity index (χ0n) is 10.1. The number of rotatable bonds is 3. The van der Waals surface area contributed by atoms with E-state index in [9.17, 15) is 13.2 Å². The highest BCUT2D eigenvalue weighted by Crippen LogP contribution is 2.14. The van der Waals surface area contributed by atoms with Crippen molar-refractivity contribution in [1.29, 1.82) is 0 Å². The number of nitrogens with zero attached hydrogens (tertiary/aromatic N) is 3. The number of aryl methyl sites for hydroxylation is 1. The first kappa shape index (κ1) is 13.0. The van der Waals surface area contributed by atoms with Crippen LogP contribution in [0.1, 0.15) is 11.7 Å². The molecule has 0 bridgehead atoms. The summed E-state index contributed by atoms with van der Waals surface area (Å²) in [5.41, 5.74) is 0. The third kappa shape index (κ3) is 2.67. The lowest BCUT2D eigenvalue weighted by Gasteiger charge is -2.32. The van der Waals surface area contributed by atoms with Gasteiger partial charge in [-0.3, -0.25) is 4.79 Å². The molecule has 1 aromatic heterocycles. The maximum atomic E-state index is 11.8. The molecule has 1 N–H and O–H groups in total. The van der Waals surface area contributed by atoms with Crippen LogP contribution in [0.25, 0.3) is 0 Å². The minimum atomic E-state index is -3.44. The van der Waals surface area contributed by atoms with Gasteiger partial charge in [0.25, 0.3) is 0 Å². The van der Waals surface area contributed by atoms with Crippen LogP contribution in [0, 0.1) is 6.92 Å². The number of carbonyl (C=O) groups excluding carboxylic acids is 1. The van der Waals surface area contributed by atoms with Gasteiger partial charge < -0.3 is 9.84 Å². The summed E-state index contributed by atoms with van der Waals surface area (Å²) in [4.78, 5) is 15.7. The normalized spacial score (nSPS) is 21.9. The molecular formula is C9H14N4O4S. The average Bonchev–Trinajstić information content (AvgIpc) is 2.65. The Labute approximate surface area is 104 Å². The third-order valence-corrected chi connectivity index (χ3v) is 3.93. The molecule has 0 saturated carbocycles. The Balaban J connectivity index is 2.23. The molecule has 100 valence electrons. The first-order valence-corrected chi connectivity index (χ1v) is 7.26. The van der Waals surface area contributed by atoms with E-state index >= 15 is 0 Å². The summed E-state index contributed by atoms with van der Waals surface area (Å²) in [6.07, 6.45) is 1.16. The standard InChI is InChI=1S/C9H14N4O4S/c1-6-11-8(17-12-6)5-7-9(14)10-3-4-13(7)18(2,15)16/h7H,3-5H2,1-2H3,(H,10,14). The average molecular weight is 274 g/mol. The quantitative estimate of drug-likeness (QED) is 0.733. The van der Waals surface area contributed by atoms with Crippen LogP contribution in [0.15, 0.2) is 4.52 Å². The Morgan fingerprint density at radius 2 is 2.28 bits per heavy atom. The van der Waals surface area contributed by atoms with Crippen LogP contribution in [-0.2, 0) is 21.2 Å². The summed E-state index contributed by atoms with van der Waals surface area (Å²) in [6.45, 7) is 2.22. The molecule has 1 saturated heterocycles. The van der Waals surface area contributed by atoms with Gasteiger partial charge >= 0.3 is 0 Å². The molecule has 9 heteroatoms. The monoisotopic (exact) mass is 274 g/mol. The molecule has 18 heavy (non-hydrogen) atoms. The van der Waals surface area contributed by atoms with E-state index < -0.39 is 16.1 Å². The molecule has 0 radical (unpaired) electrons. The molecular weight excluding hydrogens is 260 g/mol. The second kappa shape index (κ2) is 4.65. The van der Waals surface area contributed by atoms with E-state index in [1.54, 1.807) is 6.92 Å². The van der Waals surface area contributed by atoms with Crippen LogP contribution in [0.3, 0.4) is 0 Å². The molecule has 1 unspecified atom stereocenters. The van der Waals surface area contributed by atoms with E-state index in [1.165, 1.54) is 0 Å². The molecule has 1 aliphatic rings.